The Balaban J connectivity index is 4.48. The van der Waals surface area contributed by atoms with E-state index in [0.29, 0.717) is 0 Å². The maximum Gasteiger partial charge on any atom is 0.369 e. The maximum atomic E-state index is 11.1. The van der Waals surface area contributed by atoms with Gasteiger partial charge < -0.3 is 30.0 Å². The molecule has 0 aliphatic heterocycles. The van der Waals surface area contributed by atoms with Gasteiger partial charge in [0.15, 0.2) is 0 Å². The second kappa shape index (κ2) is 7.34. The summed E-state index contributed by atoms with van der Waals surface area (Å²) in [6.45, 7) is -0.105. The topological polar surface area (TPSA) is 164 Å². The Kier molecular flexibility index (Phi) is 7.08. The van der Waals surface area contributed by atoms with Gasteiger partial charge in [0.05, 0.1) is 0 Å². The molecule has 0 aromatic rings. The number of aliphatic hydroxyl groups is 1. The fourth-order valence-corrected chi connectivity index (χ4v) is 3.54. The third-order valence-electron chi connectivity index (χ3n) is 2.44. The minimum atomic E-state index is -5.44. The predicted octanol–water partition coefficient (Wildman–Crippen LogP) is -0.702. The second-order valence-corrected chi connectivity index (χ2v) is 8.03. The standard InChI is InChI=1S/C9H17NO8P2/c1-2-3-5-8(11)10-7-4-6-9(12,19(13,14)15)20(16,17)18/h1,12H,3-7H2,(H,10,11)(H2,13,14,15)(H2,16,17,18). The first-order chi connectivity index (χ1) is 8.95. The molecule has 20 heavy (non-hydrogen) atoms. The van der Waals surface area contributed by atoms with Gasteiger partial charge in [-0.3, -0.25) is 13.9 Å². The minimum absolute atomic E-state index is 0.0672. The van der Waals surface area contributed by atoms with Gasteiger partial charge in [0.1, 0.15) is 0 Å². The van der Waals surface area contributed by atoms with Gasteiger partial charge in [0.2, 0.25) is 5.91 Å². The van der Waals surface area contributed by atoms with E-state index in [4.69, 9.17) is 26.0 Å². The Labute approximate surface area is 115 Å². The fraction of sp³-hybridized carbons (Fsp3) is 0.667. The van der Waals surface area contributed by atoms with Crippen molar-refractivity contribution in [1.29, 1.82) is 0 Å². The molecule has 0 fully saturated rings. The number of hydrogen-bond donors (Lipinski definition) is 6. The fourth-order valence-electron chi connectivity index (χ4n) is 1.29. The molecule has 0 aliphatic carbocycles. The Morgan fingerprint density at radius 3 is 2.10 bits per heavy atom. The Hall–Kier alpha value is -0.710. The Bertz CT molecular complexity index is 451. The molecule has 6 N–H and O–H groups in total. The molecule has 1 amide bonds. The molecule has 0 heterocycles. The molecule has 0 radical (unpaired) electrons. The molecule has 0 unspecified atom stereocenters. The van der Waals surface area contributed by atoms with Crippen molar-refractivity contribution in [3.8, 4) is 12.3 Å². The van der Waals surface area contributed by atoms with Crippen LogP contribution in [0.4, 0.5) is 0 Å². The summed E-state index contributed by atoms with van der Waals surface area (Å²) in [4.78, 5) is 46.6. The van der Waals surface area contributed by atoms with E-state index in [1.54, 1.807) is 0 Å². The van der Waals surface area contributed by atoms with Gasteiger partial charge in [-0.15, -0.1) is 12.3 Å². The van der Waals surface area contributed by atoms with Crippen LogP contribution in [0.25, 0.3) is 0 Å². The summed E-state index contributed by atoms with van der Waals surface area (Å²) < 4.78 is 22.0. The Morgan fingerprint density at radius 2 is 1.70 bits per heavy atom. The van der Waals surface area contributed by atoms with Gasteiger partial charge in [0, 0.05) is 25.8 Å². The summed E-state index contributed by atoms with van der Waals surface area (Å²) in [6, 6.07) is 0. The summed E-state index contributed by atoms with van der Waals surface area (Å²) in [5.41, 5.74) is 0. The lowest BCUT2D eigenvalue weighted by molar-refractivity contribution is -0.121. The molecule has 0 spiro atoms. The van der Waals surface area contributed by atoms with Crippen LogP contribution in [0.3, 0.4) is 0 Å². The van der Waals surface area contributed by atoms with Crippen LogP contribution in [0.15, 0.2) is 0 Å². The molecular formula is C9H17NO8P2. The summed E-state index contributed by atoms with van der Waals surface area (Å²) >= 11 is 0. The van der Waals surface area contributed by atoms with Gasteiger partial charge in [-0.05, 0) is 6.42 Å². The summed E-state index contributed by atoms with van der Waals surface area (Å²) in [6.07, 6.45) is 4.15. The second-order valence-electron chi connectivity index (χ2n) is 4.02. The van der Waals surface area contributed by atoms with Crippen molar-refractivity contribution in [2.45, 2.75) is 30.8 Å². The molecule has 0 saturated heterocycles. The molecule has 0 aromatic carbocycles. The van der Waals surface area contributed by atoms with Crippen molar-refractivity contribution < 1.29 is 38.6 Å². The number of nitrogens with one attached hydrogen (secondary N) is 1. The third kappa shape index (κ3) is 5.35. The molecule has 11 heteroatoms. The van der Waals surface area contributed by atoms with Crippen molar-refractivity contribution in [3.05, 3.63) is 0 Å². The van der Waals surface area contributed by atoms with Crippen LogP contribution in [-0.4, -0.2) is 42.2 Å². The molecule has 9 nitrogen and oxygen atoms in total. The summed E-state index contributed by atoms with van der Waals surface area (Å²) in [7, 11) is -10.9. The molecular weight excluding hydrogens is 312 g/mol. The highest BCUT2D eigenvalue weighted by Gasteiger charge is 2.58. The van der Waals surface area contributed by atoms with Crippen molar-refractivity contribution in [2.75, 3.05) is 6.54 Å². The van der Waals surface area contributed by atoms with Crippen molar-refractivity contribution in [1.82, 2.24) is 5.32 Å². The highest BCUT2D eigenvalue weighted by molar-refractivity contribution is 7.72. The van der Waals surface area contributed by atoms with Gasteiger partial charge >= 0.3 is 15.2 Å². The van der Waals surface area contributed by atoms with Crippen molar-refractivity contribution in [2.24, 2.45) is 0 Å². The highest BCUT2D eigenvalue weighted by atomic mass is 31.2. The van der Waals surface area contributed by atoms with Crippen LogP contribution in [0.2, 0.25) is 0 Å². The molecule has 0 aliphatic rings. The van der Waals surface area contributed by atoms with Crippen LogP contribution < -0.4 is 5.32 Å². The average molecular weight is 329 g/mol. The lowest BCUT2D eigenvalue weighted by atomic mass is 10.3. The van der Waals surface area contributed by atoms with E-state index in [9.17, 15) is 19.0 Å². The van der Waals surface area contributed by atoms with E-state index in [0.717, 1.165) is 0 Å². The number of terminal acetylenes is 1. The zero-order valence-electron chi connectivity index (χ0n) is 10.5. The van der Waals surface area contributed by atoms with Crippen LogP contribution in [-0.2, 0) is 13.9 Å². The largest absolute Gasteiger partial charge is 0.369 e. The van der Waals surface area contributed by atoms with E-state index in [1.165, 1.54) is 0 Å². The number of carbonyl (C=O) groups is 1. The average Bonchev–Trinajstić information content (AvgIpc) is 2.28. The van der Waals surface area contributed by atoms with Crippen LogP contribution >= 0.6 is 15.2 Å². The van der Waals surface area contributed by atoms with Crippen molar-refractivity contribution >= 4 is 21.1 Å². The molecule has 0 atom stereocenters. The summed E-state index contributed by atoms with van der Waals surface area (Å²) in [5, 5.41) is 8.43. The third-order valence-corrected chi connectivity index (χ3v) is 6.32. The first-order valence-corrected chi connectivity index (χ1v) is 8.72. The quantitative estimate of drug-likeness (QED) is 0.193. The normalized spacial score (nSPS) is 12.8. The highest BCUT2D eigenvalue weighted by Crippen LogP contribution is 2.69. The number of carbonyl (C=O) groups excluding carboxylic acids is 1. The lowest BCUT2D eigenvalue weighted by Gasteiger charge is -2.29. The molecule has 0 saturated carbocycles. The molecule has 0 aromatic heterocycles. The summed E-state index contributed by atoms with van der Waals surface area (Å²) in [5.74, 6) is 1.84. The zero-order chi connectivity index (χ0) is 16.0. The van der Waals surface area contributed by atoms with Crippen LogP contribution in [0.5, 0.6) is 0 Å². The lowest BCUT2D eigenvalue weighted by Crippen LogP contribution is -2.31. The Morgan fingerprint density at radius 1 is 1.20 bits per heavy atom. The smallest absolute Gasteiger partial charge is 0.368 e. The SMILES string of the molecule is C#CCCC(=O)NCCCC(O)(P(=O)(O)O)P(=O)(O)O. The molecule has 116 valence electrons. The minimum Gasteiger partial charge on any atom is -0.368 e. The first kappa shape index (κ1) is 19.3. The van der Waals surface area contributed by atoms with E-state index >= 15 is 0 Å². The van der Waals surface area contributed by atoms with Gasteiger partial charge in [0.25, 0.3) is 5.08 Å². The van der Waals surface area contributed by atoms with Gasteiger partial charge in [-0.2, -0.15) is 0 Å². The van der Waals surface area contributed by atoms with Crippen LogP contribution in [0.1, 0.15) is 25.7 Å². The van der Waals surface area contributed by atoms with E-state index in [2.05, 4.69) is 11.2 Å². The zero-order valence-corrected chi connectivity index (χ0v) is 12.3. The molecule has 0 rings (SSSR count). The van der Waals surface area contributed by atoms with Gasteiger partial charge in [-0.1, -0.05) is 0 Å². The number of hydrogen-bond acceptors (Lipinski definition) is 4. The van der Waals surface area contributed by atoms with Crippen LogP contribution in [0, 0.1) is 12.3 Å². The predicted molar refractivity (Wildman–Crippen MR) is 69.3 cm³/mol. The van der Waals surface area contributed by atoms with E-state index in [-0.39, 0.29) is 25.8 Å². The maximum absolute atomic E-state index is 11.1. The van der Waals surface area contributed by atoms with Crippen molar-refractivity contribution in [3.63, 3.8) is 0 Å². The first-order valence-electron chi connectivity index (χ1n) is 5.49. The number of rotatable bonds is 8. The monoisotopic (exact) mass is 329 g/mol. The number of amides is 1. The van der Waals surface area contributed by atoms with E-state index < -0.39 is 32.6 Å². The van der Waals surface area contributed by atoms with Gasteiger partial charge in [-0.25, -0.2) is 0 Å². The van der Waals surface area contributed by atoms with E-state index in [1.807, 2.05) is 0 Å². The molecule has 0 bridgehead atoms.